The highest BCUT2D eigenvalue weighted by molar-refractivity contribution is 6.36. The molecule has 0 spiro atoms. The number of carbonyl (C=O) groups is 1. The van der Waals surface area contributed by atoms with E-state index in [1.807, 2.05) is 6.92 Å². The summed E-state index contributed by atoms with van der Waals surface area (Å²) in [6.07, 6.45) is -0.783. The van der Waals surface area contributed by atoms with Gasteiger partial charge in [-0.05, 0) is 48.5 Å². The molecular formula is C25H17Cl2F3N4O2. The van der Waals surface area contributed by atoms with E-state index < -0.39 is 17.6 Å². The molecule has 4 aromatic rings. The van der Waals surface area contributed by atoms with E-state index in [9.17, 15) is 18.0 Å². The predicted octanol–water partition coefficient (Wildman–Crippen LogP) is 7.47. The van der Waals surface area contributed by atoms with Gasteiger partial charge in [-0.2, -0.15) is 13.2 Å². The summed E-state index contributed by atoms with van der Waals surface area (Å²) in [7, 11) is 0. The van der Waals surface area contributed by atoms with Crippen LogP contribution in [0.15, 0.2) is 67.0 Å². The highest BCUT2D eigenvalue weighted by Gasteiger charge is 2.31. The Labute approximate surface area is 214 Å². The molecule has 0 saturated heterocycles. The fraction of sp³-hybridized carbons (Fsp3) is 0.120. The number of aryl methyl sites for hydroxylation is 1. The Morgan fingerprint density at radius 1 is 1.00 bits per heavy atom. The number of amides is 1. The molecule has 0 aliphatic heterocycles. The van der Waals surface area contributed by atoms with E-state index in [1.165, 1.54) is 12.1 Å². The second kappa shape index (κ2) is 10.5. The van der Waals surface area contributed by atoms with E-state index in [4.69, 9.17) is 27.9 Å². The lowest BCUT2D eigenvalue weighted by Gasteiger charge is -2.14. The van der Waals surface area contributed by atoms with Gasteiger partial charge in [0.1, 0.15) is 11.6 Å². The Hall–Kier alpha value is -3.69. The van der Waals surface area contributed by atoms with Crippen molar-refractivity contribution >= 4 is 34.8 Å². The number of anilines is 1. The first-order valence-corrected chi connectivity index (χ1v) is 11.3. The summed E-state index contributed by atoms with van der Waals surface area (Å²) in [5.74, 6) is 0.317. The van der Waals surface area contributed by atoms with Gasteiger partial charge < -0.3 is 10.1 Å². The third-order valence-electron chi connectivity index (χ3n) is 5.01. The molecule has 2 aromatic heterocycles. The summed E-state index contributed by atoms with van der Waals surface area (Å²) in [6.45, 7) is 1.94. The lowest BCUT2D eigenvalue weighted by atomic mass is 10.1. The number of nitrogens with one attached hydrogen (secondary N) is 1. The third kappa shape index (κ3) is 5.75. The number of rotatable bonds is 6. The predicted molar refractivity (Wildman–Crippen MR) is 131 cm³/mol. The average Bonchev–Trinajstić information content (AvgIpc) is 2.86. The molecule has 0 unspecified atom stereocenters. The van der Waals surface area contributed by atoms with E-state index in [2.05, 4.69) is 20.3 Å². The smallest absolute Gasteiger partial charge is 0.416 e. The van der Waals surface area contributed by atoms with Crippen LogP contribution in [-0.4, -0.2) is 20.9 Å². The zero-order valence-corrected chi connectivity index (χ0v) is 20.1. The lowest BCUT2D eigenvalue weighted by molar-refractivity contribution is -0.137. The number of ether oxygens (including phenoxy) is 1. The molecule has 0 saturated carbocycles. The third-order valence-corrected chi connectivity index (χ3v) is 5.67. The number of benzene rings is 2. The Bertz CT molecular complexity index is 1430. The minimum absolute atomic E-state index is 0.112. The van der Waals surface area contributed by atoms with Gasteiger partial charge in [0, 0.05) is 24.9 Å². The van der Waals surface area contributed by atoms with Crippen molar-refractivity contribution in [1.29, 1.82) is 0 Å². The summed E-state index contributed by atoms with van der Waals surface area (Å²) in [6, 6.07) is 12.2. The highest BCUT2D eigenvalue weighted by Crippen LogP contribution is 2.35. The van der Waals surface area contributed by atoms with E-state index in [0.717, 1.165) is 12.1 Å². The Balaban J connectivity index is 1.61. The maximum atomic E-state index is 13.1. The molecule has 0 radical (unpaired) electrons. The number of pyridine rings is 1. The number of alkyl halides is 3. The molecular weight excluding hydrogens is 516 g/mol. The maximum Gasteiger partial charge on any atom is 0.416 e. The molecule has 1 N–H and O–H groups in total. The van der Waals surface area contributed by atoms with Gasteiger partial charge in [0.25, 0.3) is 5.91 Å². The monoisotopic (exact) mass is 532 g/mol. The number of carbonyl (C=O) groups excluding carboxylic acids is 1. The Kier molecular flexibility index (Phi) is 7.42. The van der Waals surface area contributed by atoms with Crippen LogP contribution in [0.3, 0.4) is 0 Å². The van der Waals surface area contributed by atoms with Crippen LogP contribution in [0.5, 0.6) is 11.6 Å². The summed E-state index contributed by atoms with van der Waals surface area (Å²) < 4.78 is 45.2. The van der Waals surface area contributed by atoms with Gasteiger partial charge >= 0.3 is 6.18 Å². The van der Waals surface area contributed by atoms with Crippen molar-refractivity contribution < 1.29 is 22.7 Å². The van der Waals surface area contributed by atoms with Gasteiger partial charge in [0.05, 0.1) is 38.1 Å². The van der Waals surface area contributed by atoms with Crippen molar-refractivity contribution in [2.75, 3.05) is 5.32 Å². The van der Waals surface area contributed by atoms with Crippen LogP contribution in [0.1, 0.15) is 28.7 Å². The van der Waals surface area contributed by atoms with Crippen molar-refractivity contribution in [1.82, 2.24) is 15.0 Å². The molecule has 2 heterocycles. The van der Waals surface area contributed by atoms with Crippen LogP contribution in [0.4, 0.5) is 18.9 Å². The first-order chi connectivity index (χ1) is 17.2. The van der Waals surface area contributed by atoms with Crippen molar-refractivity contribution in [3.05, 3.63) is 94.0 Å². The molecule has 11 heteroatoms. The van der Waals surface area contributed by atoms with Crippen molar-refractivity contribution in [2.24, 2.45) is 0 Å². The molecule has 36 heavy (non-hydrogen) atoms. The topological polar surface area (TPSA) is 77.0 Å². The summed E-state index contributed by atoms with van der Waals surface area (Å²) >= 11 is 12.2. The van der Waals surface area contributed by atoms with E-state index in [1.54, 1.807) is 36.7 Å². The fourth-order valence-electron chi connectivity index (χ4n) is 3.23. The van der Waals surface area contributed by atoms with E-state index in [0.29, 0.717) is 29.6 Å². The normalized spacial score (nSPS) is 11.3. The van der Waals surface area contributed by atoms with Gasteiger partial charge in [-0.25, -0.2) is 15.0 Å². The molecule has 0 aliphatic rings. The molecule has 1 amide bonds. The van der Waals surface area contributed by atoms with Crippen LogP contribution in [0.25, 0.3) is 11.3 Å². The first kappa shape index (κ1) is 25.4. The fourth-order valence-corrected chi connectivity index (χ4v) is 3.60. The van der Waals surface area contributed by atoms with Gasteiger partial charge in [0.15, 0.2) is 0 Å². The summed E-state index contributed by atoms with van der Waals surface area (Å²) in [5.41, 5.74) is -0.00631. The van der Waals surface area contributed by atoms with Crippen LogP contribution >= 0.6 is 23.2 Å². The maximum absolute atomic E-state index is 13.1. The van der Waals surface area contributed by atoms with Crippen LogP contribution in [-0.2, 0) is 12.6 Å². The zero-order chi connectivity index (χ0) is 25.9. The minimum Gasteiger partial charge on any atom is -0.438 e. The van der Waals surface area contributed by atoms with Crippen LogP contribution < -0.4 is 10.1 Å². The molecule has 0 atom stereocenters. The molecule has 0 fully saturated rings. The first-order valence-electron chi connectivity index (χ1n) is 10.6. The molecule has 0 bridgehead atoms. The van der Waals surface area contributed by atoms with Gasteiger partial charge in [-0.1, -0.05) is 30.1 Å². The standard InChI is InChI=1S/C25H17Cl2F3N4O2/c1-2-22-31-11-9-20(33-22)16-4-3-10-32-24(16)36-15-6-8-19(27)21(13-15)34-23(35)17-12-14(25(28,29)30)5-7-18(17)26/h3-13H,2H2,1H3,(H,34,35). The quantitative estimate of drug-likeness (QED) is 0.278. The van der Waals surface area contributed by atoms with Crippen molar-refractivity contribution in [3.8, 4) is 22.9 Å². The molecule has 2 aromatic carbocycles. The number of hydrogen-bond donors (Lipinski definition) is 1. The molecule has 4 rings (SSSR count). The van der Waals surface area contributed by atoms with Crippen LogP contribution in [0.2, 0.25) is 10.0 Å². The van der Waals surface area contributed by atoms with Gasteiger partial charge in [0.2, 0.25) is 5.88 Å². The largest absolute Gasteiger partial charge is 0.438 e. The van der Waals surface area contributed by atoms with Crippen LogP contribution in [0, 0.1) is 0 Å². The van der Waals surface area contributed by atoms with Gasteiger partial charge in [-0.3, -0.25) is 4.79 Å². The Morgan fingerprint density at radius 3 is 2.53 bits per heavy atom. The SMILES string of the molecule is CCc1nccc(-c2cccnc2Oc2ccc(Cl)c(NC(=O)c3cc(C(F)(F)F)ccc3Cl)c2)n1. The summed E-state index contributed by atoms with van der Waals surface area (Å²) in [5, 5.41) is 2.49. The zero-order valence-electron chi connectivity index (χ0n) is 18.6. The molecule has 0 aliphatic carbocycles. The second-order valence-corrected chi connectivity index (χ2v) is 8.27. The van der Waals surface area contributed by atoms with E-state index >= 15 is 0 Å². The number of hydrogen-bond acceptors (Lipinski definition) is 5. The number of halogens is 5. The highest BCUT2D eigenvalue weighted by atomic mass is 35.5. The number of nitrogens with zero attached hydrogens (tertiary/aromatic N) is 3. The average molecular weight is 533 g/mol. The minimum atomic E-state index is -4.63. The van der Waals surface area contributed by atoms with Crippen molar-refractivity contribution in [3.63, 3.8) is 0 Å². The Morgan fingerprint density at radius 2 is 1.78 bits per heavy atom. The summed E-state index contributed by atoms with van der Waals surface area (Å²) in [4.78, 5) is 25.7. The number of aromatic nitrogens is 3. The molecule has 6 nitrogen and oxygen atoms in total. The van der Waals surface area contributed by atoms with E-state index in [-0.39, 0.29) is 32.9 Å². The van der Waals surface area contributed by atoms with Gasteiger partial charge in [-0.15, -0.1) is 0 Å². The lowest BCUT2D eigenvalue weighted by Crippen LogP contribution is -2.15. The van der Waals surface area contributed by atoms with Crippen molar-refractivity contribution in [2.45, 2.75) is 19.5 Å². The second-order valence-electron chi connectivity index (χ2n) is 7.46. The molecule has 184 valence electrons.